The van der Waals surface area contributed by atoms with Gasteiger partial charge < -0.3 is 15.0 Å². The number of ether oxygens (including phenoxy) is 1. The quantitative estimate of drug-likeness (QED) is 0.919. The highest BCUT2D eigenvalue weighted by atomic mass is 16.6. The van der Waals surface area contributed by atoms with E-state index >= 15 is 0 Å². The third kappa shape index (κ3) is 4.47. The van der Waals surface area contributed by atoms with Gasteiger partial charge in [-0.1, -0.05) is 38.1 Å². The van der Waals surface area contributed by atoms with Crippen LogP contribution >= 0.6 is 0 Å². The predicted octanol–water partition coefficient (Wildman–Crippen LogP) is 3.77. The number of likely N-dealkylation sites (N-methyl/N-ethyl adjacent to an activating group) is 1. The molecule has 1 atom stereocenters. The van der Waals surface area contributed by atoms with Gasteiger partial charge in [-0.05, 0) is 43.7 Å². The molecular formula is C19H30N2O2. The van der Waals surface area contributed by atoms with E-state index < -0.39 is 5.60 Å². The lowest BCUT2D eigenvalue weighted by Crippen LogP contribution is -2.40. The second-order valence-corrected chi connectivity index (χ2v) is 8.15. The van der Waals surface area contributed by atoms with E-state index in [1.165, 1.54) is 11.1 Å². The summed E-state index contributed by atoms with van der Waals surface area (Å²) in [5.41, 5.74) is 2.55. The molecule has 4 nitrogen and oxygen atoms in total. The summed E-state index contributed by atoms with van der Waals surface area (Å²) in [6, 6.07) is 8.95. The van der Waals surface area contributed by atoms with Crippen molar-refractivity contribution >= 4 is 6.09 Å². The predicted molar refractivity (Wildman–Crippen MR) is 93.5 cm³/mol. The number of hydrogen-bond donors (Lipinski definition) is 1. The molecule has 23 heavy (non-hydrogen) atoms. The van der Waals surface area contributed by atoms with Gasteiger partial charge in [-0.15, -0.1) is 0 Å². The molecule has 1 amide bonds. The SMILES string of the molecule is CN(CCNC1c2ccccc2CC1(C)C)C(=O)OC(C)(C)C. The van der Waals surface area contributed by atoms with Crippen molar-refractivity contribution in [1.82, 2.24) is 10.2 Å². The molecule has 1 N–H and O–H groups in total. The molecule has 1 unspecified atom stereocenters. The van der Waals surface area contributed by atoms with Gasteiger partial charge in [0.15, 0.2) is 0 Å². The molecule has 0 fully saturated rings. The molecule has 1 aliphatic rings. The van der Waals surface area contributed by atoms with Crippen LogP contribution in [-0.4, -0.2) is 36.7 Å². The van der Waals surface area contributed by atoms with Crippen LogP contribution < -0.4 is 5.32 Å². The zero-order chi connectivity index (χ0) is 17.3. The van der Waals surface area contributed by atoms with Crippen molar-refractivity contribution in [2.75, 3.05) is 20.1 Å². The first kappa shape index (κ1) is 17.8. The summed E-state index contributed by atoms with van der Waals surface area (Å²) in [6.45, 7) is 11.6. The molecular weight excluding hydrogens is 288 g/mol. The molecule has 0 heterocycles. The summed E-state index contributed by atoms with van der Waals surface area (Å²) in [5, 5.41) is 3.63. The maximum atomic E-state index is 12.0. The fourth-order valence-electron chi connectivity index (χ4n) is 3.18. The van der Waals surface area contributed by atoms with Crippen LogP contribution in [0.15, 0.2) is 24.3 Å². The summed E-state index contributed by atoms with van der Waals surface area (Å²) >= 11 is 0. The van der Waals surface area contributed by atoms with Gasteiger partial charge in [0.05, 0.1) is 0 Å². The van der Waals surface area contributed by atoms with E-state index in [0.717, 1.165) is 13.0 Å². The normalized spacial score (nSPS) is 19.3. The van der Waals surface area contributed by atoms with Gasteiger partial charge in [-0.2, -0.15) is 0 Å². The maximum Gasteiger partial charge on any atom is 0.410 e. The van der Waals surface area contributed by atoms with Gasteiger partial charge in [-0.25, -0.2) is 4.79 Å². The van der Waals surface area contributed by atoms with Crippen molar-refractivity contribution in [3.63, 3.8) is 0 Å². The Morgan fingerprint density at radius 3 is 2.65 bits per heavy atom. The minimum atomic E-state index is -0.453. The summed E-state index contributed by atoms with van der Waals surface area (Å²) in [6.07, 6.45) is 0.813. The average Bonchev–Trinajstić information content (AvgIpc) is 2.67. The van der Waals surface area contributed by atoms with Gasteiger partial charge in [0, 0.05) is 26.2 Å². The number of rotatable bonds is 4. The van der Waals surface area contributed by atoms with Crippen LogP contribution in [-0.2, 0) is 11.2 Å². The highest BCUT2D eigenvalue weighted by molar-refractivity contribution is 5.67. The van der Waals surface area contributed by atoms with Gasteiger partial charge in [0.1, 0.15) is 5.60 Å². The van der Waals surface area contributed by atoms with Crippen molar-refractivity contribution in [3.05, 3.63) is 35.4 Å². The van der Waals surface area contributed by atoms with Crippen molar-refractivity contribution in [3.8, 4) is 0 Å². The number of hydrogen-bond acceptors (Lipinski definition) is 3. The molecule has 0 saturated heterocycles. The Kier molecular flexibility index (Phi) is 5.04. The van der Waals surface area contributed by atoms with Crippen LogP contribution in [0.2, 0.25) is 0 Å². The van der Waals surface area contributed by atoms with Crippen molar-refractivity contribution < 1.29 is 9.53 Å². The first-order valence-corrected chi connectivity index (χ1v) is 8.35. The fourth-order valence-corrected chi connectivity index (χ4v) is 3.18. The largest absolute Gasteiger partial charge is 0.444 e. The Balaban J connectivity index is 1.90. The zero-order valence-electron chi connectivity index (χ0n) is 15.3. The van der Waals surface area contributed by atoms with Crippen molar-refractivity contribution in [1.29, 1.82) is 0 Å². The number of carbonyl (C=O) groups is 1. The minimum Gasteiger partial charge on any atom is -0.444 e. The number of nitrogens with zero attached hydrogens (tertiary/aromatic N) is 1. The van der Waals surface area contributed by atoms with Gasteiger partial charge in [0.2, 0.25) is 0 Å². The van der Waals surface area contributed by atoms with E-state index in [0.29, 0.717) is 12.6 Å². The maximum absolute atomic E-state index is 12.0. The molecule has 0 saturated carbocycles. The summed E-state index contributed by atoms with van der Waals surface area (Å²) < 4.78 is 5.38. The Hall–Kier alpha value is -1.55. The molecule has 0 spiro atoms. The Morgan fingerprint density at radius 2 is 2.00 bits per heavy atom. The zero-order valence-corrected chi connectivity index (χ0v) is 15.3. The van der Waals surface area contributed by atoms with E-state index in [4.69, 9.17) is 4.74 Å². The molecule has 0 aromatic heterocycles. The van der Waals surface area contributed by atoms with Crippen molar-refractivity contribution in [2.45, 2.75) is 52.7 Å². The molecule has 128 valence electrons. The third-order valence-corrected chi connectivity index (χ3v) is 4.29. The first-order valence-electron chi connectivity index (χ1n) is 8.35. The molecule has 4 heteroatoms. The average molecular weight is 318 g/mol. The standard InChI is InChI=1S/C19H30N2O2/c1-18(2,3)23-17(22)21(6)12-11-20-16-15-10-8-7-9-14(15)13-19(16,4)5/h7-10,16,20H,11-13H2,1-6H3. The van der Waals surface area contributed by atoms with Crippen LogP contribution in [0.25, 0.3) is 0 Å². The Morgan fingerprint density at radius 1 is 1.35 bits per heavy atom. The lowest BCUT2D eigenvalue weighted by molar-refractivity contribution is 0.0298. The van der Waals surface area contributed by atoms with Gasteiger partial charge >= 0.3 is 6.09 Å². The van der Waals surface area contributed by atoms with Crippen molar-refractivity contribution in [2.24, 2.45) is 5.41 Å². The van der Waals surface area contributed by atoms with Crippen LogP contribution in [0.4, 0.5) is 4.79 Å². The highest BCUT2D eigenvalue weighted by Crippen LogP contribution is 2.44. The summed E-state index contributed by atoms with van der Waals surface area (Å²) in [5.74, 6) is 0. The van der Waals surface area contributed by atoms with Gasteiger partial charge in [-0.3, -0.25) is 0 Å². The second kappa shape index (κ2) is 6.52. The number of nitrogens with one attached hydrogen (secondary N) is 1. The van der Waals surface area contributed by atoms with E-state index in [-0.39, 0.29) is 11.5 Å². The molecule has 1 aliphatic carbocycles. The smallest absolute Gasteiger partial charge is 0.410 e. The highest BCUT2D eigenvalue weighted by Gasteiger charge is 2.38. The van der Waals surface area contributed by atoms with Crippen LogP contribution in [0.3, 0.4) is 0 Å². The van der Waals surface area contributed by atoms with Crippen LogP contribution in [0.5, 0.6) is 0 Å². The summed E-state index contributed by atoms with van der Waals surface area (Å²) in [4.78, 5) is 13.6. The monoisotopic (exact) mass is 318 g/mol. The molecule has 1 aromatic rings. The van der Waals surface area contributed by atoms with E-state index in [1.807, 2.05) is 20.8 Å². The Labute approximate surface area is 140 Å². The lowest BCUT2D eigenvalue weighted by atomic mass is 9.85. The van der Waals surface area contributed by atoms with Crippen LogP contribution in [0.1, 0.15) is 51.8 Å². The molecule has 0 aliphatic heterocycles. The van der Waals surface area contributed by atoms with E-state index in [1.54, 1.807) is 11.9 Å². The fraction of sp³-hybridized carbons (Fsp3) is 0.632. The molecule has 2 rings (SSSR count). The number of carbonyl (C=O) groups excluding carboxylic acids is 1. The van der Waals surface area contributed by atoms with Crippen LogP contribution in [0, 0.1) is 5.41 Å². The van der Waals surface area contributed by atoms with E-state index in [2.05, 4.69) is 43.4 Å². The summed E-state index contributed by atoms with van der Waals surface area (Å²) in [7, 11) is 1.78. The Bertz CT molecular complexity index is 561. The molecule has 0 radical (unpaired) electrons. The minimum absolute atomic E-state index is 0.189. The number of fused-ring (bicyclic) bond motifs is 1. The topological polar surface area (TPSA) is 41.6 Å². The van der Waals surface area contributed by atoms with E-state index in [9.17, 15) is 4.79 Å². The molecule has 1 aromatic carbocycles. The molecule has 0 bridgehead atoms. The second-order valence-electron chi connectivity index (χ2n) is 8.15. The van der Waals surface area contributed by atoms with Gasteiger partial charge in [0.25, 0.3) is 0 Å². The number of amides is 1. The number of benzene rings is 1. The third-order valence-electron chi connectivity index (χ3n) is 4.29. The lowest BCUT2D eigenvalue weighted by Gasteiger charge is -2.30. The first-order chi connectivity index (χ1) is 10.6.